The van der Waals surface area contributed by atoms with Gasteiger partial charge in [0.15, 0.2) is 0 Å². The van der Waals surface area contributed by atoms with Crippen LogP contribution in [0.15, 0.2) is 12.2 Å². The van der Waals surface area contributed by atoms with Crippen molar-refractivity contribution in [3.8, 4) is 0 Å². The first kappa shape index (κ1) is 20.7. The van der Waals surface area contributed by atoms with Crippen molar-refractivity contribution in [2.24, 2.45) is 0 Å². The van der Waals surface area contributed by atoms with Crippen molar-refractivity contribution in [2.45, 2.75) is 103 Å². The molecule has 21 heavy (non-hydrogen) atoms. The third-order valence-electron chi connectivity index (χ3n) is 4.02. The Morgan fingerprint density at radius 3 is 1.71 bits per heavy atom. The number of unbranched alkanes of at least 4 members (excludes halogenated alkanes) is 11. The van der Waals surface area contributed by atoms with Crippen LogP contribution in [0.3, 0.4) is 0 Å². The van der Waals surface area contributed by atoms with Gasteiger partial charge in [-0.05, 0) is 25.7 Å². The summed E-state index contributed by atoms with van der Waals surface area (Å²) in [6.07, 6.45) is 21.8. The molecule has 2 nitrogen and oxygen atoms in total. The van der Waals surface area contributed by atoms with Crippen LogP contribution in [0.25, 0.3) is 0 Å². The van der Waals surface area contributed by atoms with Gasteiger partial charge in [-0.3, -0.25) is 0 Å². The highest BCUT2D eigenvalue weighted by Crippen LogP contribution is 2.12. The Balaban J connectivity index is 3.07. The molecule has 0 aliphatic carbocycles. The molecule has 0 aromatic rings. The molecule has 0 aromatic carbocycles. The Morgan fingerprint density at radius 2 is 1.19 bits per heavy atom. The summed E-state index contributed by atoms with van der Waals surface area (Å²) in [5.74, 6) is 0. The van der Waals surface area contributed by atoms with Gasteiger partial charge in [0.1, 0.15) is 0 Å². The molecule has 1 unspecified atom stereocenters. The first-order valence-electron chi connectivity index (χ1n) is 9.25. The fraction of sp³-hybridized carbons (Fsp3) is 0.895. The van der Waals surface area contributed by atoms with E-state index in [1.54, 1.807) is 0 Å². The highest BCUT2D eigenvalue weighted by Gasteiger charge is 1.98. The van der Waals surface area contributed by atoms with Gasteiger partial charge in [0.2, 0.25) is 0 Å². The maximum Gasteiger partial charge on any atom is 0.0773 e. The van der Waals surface area contributed by atoms with Crippen LogP contribution in [0, 0.1) is 0 Å². The van der Waals surface area contributed by atoms with Crippen molar-refractivity contribution in [1.82, 2.24) is 0 Å². The summed E-state index contributed by atoms with van der Waals surface area (Å²) in [7, 11) is 0. The minimum Gasteiger partial charge on any atom is -0.394 e. The van der Waals surface area contributed by atoms with E-state index in [1.165, 1.54) is 70.6 Å². The zero-order valence-electron chi connectivity index (χ0n) is 14.2. The molecule has 126 valence electrons. The van der Waals surface area contributed by atoms with Crippen LogP contribution in [0.5, 0.6) is 0 Å². The Labute approximate surface area is 132 Å². The molecular formula is C19H38O2. The van der Waals surface area contributed by atoms with Crippen molar-refractivity contribution < 1.29 is 10.2 Å². The van der Waals surface area contributed by atoms with Gasteiger partial charge in [0.05, 0.1) is 12.7 Å². The summed E-state index contributed by atoms with van der Waals surface area (Å²) in [5, 5.41) is 17.9. The van der Waals surface area contributed by atoms with E-state index in [4.69, 9.17) is 5.11 Å². The third kappa shape index (κ3) is 17.6. The lowest BCUT2D eigenvalue weighted by Crippen LogP contribution is -2.10. The zero-order valence-corrected chi connectivity index (χ0v) is 14.2. The Morgan fingerprint density at radius 1 is 0.714 bits per heavy atom. The Bertz CT molecular complexity index is 214. The maximum atomic E-state index is 9.18. The van der Waals surface area contributed by atoms with Gasteiger partial charge in [-0.15, -0.1) is 0 Å². The zero-order chi connectivity index (χ0) is 15.6. The van der Waals surface area contributed by atoms with Crippen molar-refractivity contribution >= 4 is 0 Å². The molecule has 0 aromatic heterocycles. The predicted molar refractivity (Wildman–Crippen MR) is 92.5 cm³/mol. The lowest BCUT2D eigenvalue weighted by atomic mass is 10.1. The second-order valence-corrected chi connectivity index (χ2v) is 6.21. The summed E-state index contributed by atoms with van der Waals surface area (Å²) >= 11 is 0. The monoisotopic (exact) mass is 298 g/mol. The standard InChI is InChI=1S/C19H38O2/c1-2-3-4-5-6-7-8-9-10-11-12-13-14-15-16-17-19(21)18-20/h14-15,19-21H,2-13,16-18H2,1H3/b15-14+. The molecule has 2 N–H and O–H groups in total. The lowest BCUT2D eigenvalue weighted by molar-refractivity contribution is 0.0891. The molecule has 2 heteroatoms. The Kier molecular flexibility index (Phi) is 17.4. The van der Waals surface area contributed by atoms with E-state index in [0.29, 0.717) is 6.42 Å². The van der Waals surface area contributed by atoms with Crippen LogP contribution in [0.4, 0.5) is 0 Å². The van der Waals surface area contributed by atoms with Crippen molar-refractivity contribution in [3.63, 3.8) is 0 Å². The second kappa shape index (κ2) is 17.7. The van der Waals surface area contributed by atoms with E-state index in [2.05, 4.69) is 19.1 Å². The molecular weight excluding hydrogens is 260 g/mol. The molecule has 0 radical (unpaired) electrons. The van der Waals surface area contributed by atoms with Crippen molar-refractivity contribution in [3.05, 3.63) is 12.2 Å². The topological polar surface area (TPSA) is 40.5 Å². The molecule has 0 saturated carbocycles. The predicted octanol–water partition coefficient (Wildman–Crippen LogP) is 5.38. The van der Waals surface area contributed by atoms with E-state index < -0.39 is 6.10 Å². The van der Waals surface area contributed by atoms with Crippen LogP contribution in [0.1, 0.15) is 96.8 Å². The van der Waals surface area contributed by atoms with Gasteiger partial charge in [-0.1, -0.05) is 83.3 Å². The minimum absolute atomic E-state index is 0.119. The van der Waals surface area contributed by atoms with Crippen LogP contribution in [-0.2, 0) is 0 Å². The maximum absolute atomic E-state index is 9.18. The fourth-order valence-corrected chi connectivity index (χ4v) is 2.54. The number of aliphatic hydroxyl groups is 2. The normalized spacial score (nSPS) is 13.1. The average molecular weight is 299 g/mol. The van der Waals surface area contributed by atoms with E-state index in [-0.39, 0.29) is 6.61 Å². The Hall–Kier alpha value is -0.340. The number of hydrogen-bond donors (Lipinski definition) is 2. The molecule has 0 heterocycles. The van der Waals surface area contributed by atoms with Gasteiger partial charge in [0, 0.05) is 0 Å². The van der Waals surface area contributed by atoms with Gasteiger partial charge in [0.25, 0.3) is 0 Å². The van der Waals surface area contributed by atoms with Crippen molar-refractivity contribution in [2.75, 3.05) is 6.61 Å². The molecule has 0 saturated heterocycles. The largest absolute Gasteiger partial charge is 0.394 e. The molecule has 0 rings (SSSR count). The van der Waals surface area contributed by atoms with Crippen LogP contribution in [-0.4, -0.2) is 22.9 Å². The molecule has 0 spiro atoms. The van der Waals surface area contributed by atoms with Crippen molar-refractivity contribution in [1.29, 1.82) is 0 Å². The van der Waals surface area contributed by atoms with Crippen LogP contribution >= 0.6 is 0 Å². The summed E-state index contributed by atoms with van der Waals surface area (Å²) in [4.78, 5) is 0. The van der Waals surface area contributed by atoms with Crippen LogP contribution < -0.4 is 0 Å². The summed E-state index contributed by atoms with van der Waals surface area (Å²) in [6, 6.07) is 0. The van der Waals surface area contributed by atoms with Gasteiger partial charge in [-0.2, -0.15) is 0 Å². The second-order valence-electron chi connectivity index (χ2n) is 6.21. The smallest absolute Gasteiger partial charge is 0.0773 e. The molecule has 0 amide bonds. The highest BCUT2D eigenvalue weighted by molar-refractivity contribution is 4.82. The summed E-state index contributed by atoms with van der Waals surface area (Å²) in [6.45, 7) is 2.15. The quantitative estimate of drug-likeness (QED) is 0.297. The molecule has 0 bridgehead atoms. The lowest BCUT2D eigenvalue weighted by Gasteiger charge is -2.03. The van der Waals surface area contributed by atoms with Gasteiger partial charge in [-0.25, -0.2) is 0 Å². The number of aliphatic hydroxyl groups excluding tert-OH is 2. The van der Waals surface area contributed by atoms with E-state index >= 15 is 0 Å². The van der Waals surface area contributed by atoms with Crippen LogP contribution in [0.2, 0.25) is 0 Å². The first-order chi connectivity index (χ1) is 10.3. The molecule has 0 fully saturated rings. The highest BCUT2D eigenvalue weighted by atomic mass is 16.3. The average Bonchev–Trinajstić information content (AvgIpc) is 2.50. The fourth-order valence-electron chi connectivity index (χ4n) is 2.54. The van der Waals surface area contributed by atoms with E-state index in [1.807, 2.05) is 0 Å². The first-order valence-corrected chi connectivity index (χ1v) is 9.25. The summed E-state index contributed by atoms with van der Waals surface area (Å²) < 4.78 is 0. The summed E-state index contributed by atoms with van der Waals surface area (Å²) in [5.41, 5.74) is 0. The molecule has 1 atom stereocenters. The SMILES string of the molecule is CCCCCCCCCCCCC/C=C/CCC(O)CO. The number of allylic oxidation sites excluding steroid dienone is 2. The van der Waals surface area contributed by atoms with E-state index in [0.717, 1.165) is 12.8 Å². The minimum atomic E-state index is -0.545. The molecule has 0 aliphatic rings. The number of hydrogen-bond acceptors (Lipinski definition) is 2. The van der Waals surface area contributed by atoms with Gasteiger partial charge >= 0.3 is 0 Å². The number of rotatable bonds is 16. The van der Waals surface area contributed by atoms with E-state index in [9.17, 15) is 5.11 Å². The third-order valence-corrected chi connectivity index (χ3v) is 4.02. The molecule has 0 aliphatic heterocycles. The van der Waals surface area contributed by atoms with Gasteiger partial charge < -0.3 is 10.2 Å².